The Balaban J connectivity index is 1.72. The van der Waals surface area contributed by atoms with Gasteiger partial charge in [0.1, 0.15) is 5.82 Å². The van der Waals surface area contributed by atoms with Crippen molar-refractivity contribution in [1.82, 2.24) is 10.2 Å². The topological polar surface area (TPSA) is 70.1 Å². The summed E-state index contributed by atoms with van der Waals surface area (Å²) in [5.74, 6) is -0.861. The van der Waals surface area contributed by atoms with Crippen LogP contribution in [-0.4, -0.2) is 21.8 Å². The van der Waals surface area contributed by atoms with E-state index >= 15 is 0 Å². The molecule has 2 atom stereocenters. The van der Waals surface area contributed by atoms with E-state index in [4.69, 9.17) is 11.6 Å². The van der Waals surface area contributed by atoms with Crippen molar-refractivity contribution in [1.29, 1.82) is 0 Å². The summed E-state index contributed by atoms with van der Waals surface area (Å²) in [5.41, 5.74) is 2.96. The summed E-state index contributed by atoms with van der Waals surface area (Å²) in [4.78, 5) is 17.6. The van der Waals surface area contributed by atoms with Crippen LogP contribution in [-0.2, 0) is 4.79 Å². The van der Waals surface area contributed by atoms with Crippen molar-refractivity contribution in [3.63, 3.8) is 0 Å². The fraction of sp³-hybridized carbons (Fsp3) is 0.150. The molecule has 2 N–H and O–H groups in total. The number of rotatable bonds is 3. The second-order valence-electron chi connectivity index (χ2n) is 6.41. The van der Waals surface area contributed by atoms with E-state index in [1.54, 1.807) is 6.20 Å². The monoisotopic (exact) mass is 382 g/mol. The number of nitrogens with one attached hydrogen (secondary N) is 2. The highest BCUT2D eigenvalue weighted by Crippen LogP contribution is 2.41. The average molecular weight is 383 g/mol. The third-order valence-corrected chi connectivity index (χ3v) is 4.97. The van der Waals surface area contributed by atoms with Crippen LogP contribution in [0.1, 0.15) is 24.0 Å². The quantitative estimate of drug-likeness (QED) is 0.689. The van der Waals surface area contributed by atoms with Gasteiger partial charge in [-0.25, -0.2) is 9.38 Å². The zero-order chi connectivity index (χ0) is 19.0. The second-order valence-corrected chi connectivity index (χ2v) is 6.82. The number of H-pyrrole nitrogens is 1. The molecule has 0 fully saturated rings. The molecule has 0 spiro atoms. The van der Waals surface area contributed by atoms with E-state index in [-0.39, 0.29) is 16.8 Å². The number of aromatic amines is 1. The van der Waals surface area contributed by atoms with Crippen LogP contribution in [0.5, 0.6) is 0 Å². The third kappa shape index (κ3) is 3.24. The maximum absolute atomic E-state index is 13.4. The number of amides is 1. The summed E-state index contributed by atoms with van der Waals surface area (Å²) in [5, 5.41) is 9.76. The van der Waals surface area contributed by atoms with Crippen molar-refractivity contribution in [2.45, 2.75) is 12.8 Å². The van der Waals surface area contributed by atoms with E-state index in [2.05, 4.69) is 20.5 Å². The van der Waals surface area contributed by atoms with E-state index in [1.165, 1.54) is 18.2 Å². The SMILES string of the molecule is CC1=Nc2[nH]ncc2C(c2ccccc2)C1C(=O)Nc1ccc(F)c(Cl)c1. The number of nitrogens with zero attached hydrogens (tertiary/aromatic N) is 2. The molecule has 0 saturated carbocycles. The summed E-state index contributed by atoms with van der Waals surface area (Å²) in [6, 6.07) is 13.9. The standard InChI is InChI=1S/C20H16ClFN4O/c1-11-17(20(27)25-13-7-8-16(22)15(21)9-13)18(12-5-3-2-4-6-12)14-10-23-26-19(14)24-11/h2-10,17-18H,1H3,(H,23,26)(H,25,27). The van der Waals surface area contributed by atoms with Gasteiger partial charge in [0.25, 0.3) is 0 Å². The molecule has 0 radical (unpaired) electrons. The minimum atomic E-state index is -0.532. The number of halogens is 2. The number of benzene rings is 2. The van der Waals surface area contributed by atoms with Crippen LogP contribution in [0.4, 0.5) is 15.9 Å². The van der Waals surface area contributed by atoms with Crippen molar-refractivity contribution in [3.05, 3.63) is 76.7 Å². The molecule has 2 aromatic carbocycles. The van der Waals surface area contributed by atoms with Crippen LogP contribution in [0.2, 0.25) is 5.02 Å². The molecular weight excluding hydrogens is 367 g/mol. The molecule has 1 aliphatic heterocycles. The minimum absolute atomic E-state index is 0.0430. The Kier molecular flexibility index (Phi) is 4.49. The molecule has 27 heavy (non-hydrogen) atoms. The highest BCUT2D eigenvalue weighted by Gasteiger charge is 2.38. The summed E-state index contributed by atoms with van der Waals surface area (Å²) in [7, 11) is 0. The van der Waals surface area contributed by atoms with Gasteiger partial charge in [0.2, 0.25) is 5.91 Å². The Bertz CT molecular complexity index is 1030. The second kappa shape index (κ2) is 6.96. The Morgan fingerprint density at radius 1 is 1.22 bits per heavy atom. The average Bonchev–Trinajstić information content (AvgIpc) is 3.12. The van der Waals surface area contributed by atoms with Crippen LogP contribution in [0.3, 0.4) is 0 Å². The predicted octanol–water partition coefficient (Wildman–Crippen LogP) is 4.70. The zero-order valence-electron chi connectivity index (χ0n) is 14.4. The number of anilines is 1. The molecule has 2 heterocycles. The smallest absolute Gasteiger partial charge is 0.234 e. The van der Waals surface area contributed by atoms with Gasteiger partial charge < -0.3 is 5.32 Å². The lowest BCUT2D eigenvalue weighted by Crippen LogP contribution is -2.35. The summed E-state index contributed by atoms with van der Waals surface area (Å²) in [6.07, 6.45) is 1.71. The Hall–Kier alpha value is -2.99. The molecule has 1 amide bonds. The molecule has 0 bridgehead atoms. The molecule has 2 unspecified atom stereocenters. The highest BCUT2D eigenvalue weighted by atomic mass is 35.5. The number of carbonyl (C=O) groups is 1. The van der Waals surface area contributed by atoms with E-state index in [0.717, 1.165) is 11.1 Å². The van der Waals surface area contributed by atoms with Crippen molar-refractivity contribution in [2.75, 3.05) is 5.32 Å². The lowest BCUT2D eigenvalue weighted by atomic mass is 9.77. The van der Waals surface area contributed by atoms with Crippen LogP contribution >= 0.6 is 11.6 Å². The fourth-order valence-corrected chi connectivity index (χ4v) is 3.62. The number of hydrogen-bond donors (Lipinski definition) is 2. The number of aromatic nitrogens is 2. The Morgan fingerprint density at radius 2 is 2.00 bits per heavy atom. The summed E-state index contributed by atoms with van der Waals surface area (Å²) < 4.78 is 13.4. The van der Waals surface area contributed by atoms with Gasteiger partial charge in [-0.05, 0) is 30.7 Å². The van der Waals surface area contributed by atoms with E-state index in [0.29, 0.717) is 17.2 Å². The van der Waals surface area contributed by atoms with Crippen LogP contribution in [0.25, 0.3) is 0 Å². The summed E-state index contributed by atoms with van der Waals surface area (Å²) >= 11 is 5.83. The van der Waals surface area contributed by atoms with Crippen molar-refractivity contribution in [3.8, 4) is 0 Å². The van der Waals surface area contributed by atoms with Gasteiger partial charge in [0, 0.05) is 22.9 Å². The van der Waals surface area contributed by atoms with Gasteiger partial charge in [-0.15, -0.1) is 0 Å². The Labute approximate surface area is 160 Å². The van der Waals surface area contributed by atoms with Gasteiger partial charge in [0.15, 0.2) is 5.82 Å². The largest absolute Gasteiger partial charge is 0.325 e. The van der Waals surface area contributed by atoms with Crippen LogP contribution in [0.15, 0.2) is 59.7 Å². The van der Waals surface area contributed by atoms with Crippen molar-refractivity contribution in [2.24, 2.45) is 10.9 Å². The maximum atomic E-state index is 13.4. The van der Waals surface area contributed by atoms with E-state index in [9.17, 15) is 9.18 Å². The lowest BCUT2D eigenvalue weighted by Gasteiger charge is -2.29. The van der Waals surface area contributed by atoms with Gasteiger partial charge in [-0.1, -0.05) is 41.9 Å². The molecule has 5 nitrogen and oxygen atoms in total. The molecular formula is C20H16ClFN4O. The predicted molar refractivity (Wildman–Crippen MR) is 103 cm³/mol. The first kappa shape index (κ1) is 17.4. The maximum Gasteiger partial charge on any atom is 0.234 e. The normalized spacial score (nSPS) is 18.6. The number of fused-ring (bicyclic) bond motifs is 1. The Morgan fingerprint density at radius 3 is 2.74 bits per heavy atom. The number of carbonyl (C=O) groups excluding carboxylic acids is 1. The first-order chi connectivity index (χ1) is 13.0. The molecule has 3 aromatic rings. The fourth-order valence-electron chi connectivity index (χ4n) is 3.44. The molecule has 1 aromatic heterocycles. The molecule has 0 saturated heterocycles. The summed E-state index contributed by atoms with van der Waals surface area (Å²) in [6.45, 7) is 1.82. The lowest BCUT2D eigenvalue weighted by molar-refractivity contribution is -0.118. The first-order valence-corrected chi connectivity index (χ1v) is 8.81. The van der Waals surface area contributed by atoms with Crippen molar-refractivity contribution < 1.29 is 9.18 Å². The number of aliphatic imine (C=N–C) groups is 1. The van der Waals surface area contributed by atoms with Crippen LogP contribution < -0.4 is 5.32 Å². The molecule has 1 aliphatic rings. The molecule has 136 valence electrons. The first-order valence-electron chi connectivity index (χ1n) is 8.44. The van der Waals surface area contributed by atoms with Gasteiger partial charge >= 0.3 is 0 Å². The number of hydrogen-bond acceptors (Lipinski definition) is 3. The van der Waals surface area contributed by atoms with E-state index < -0.39 is 11.7 Å². The highest BCUT2D eigenvalue weighted by molar-refractivity contribution is 6.31. The van der Waals surface area contributed by atoms with Crippen molar-refractivity contribution >= 4 is 34.7 Å². The molecule has 0 aliphatic carbocycles. The van der Waals surface area contributed by atoms with Gasteiger partial charge in [-0.3, -0.25) is 9.89 Å². The van der Waals surface area contributed by atoms with Gasteiger partial charge in [0.05, 0.1) is 17.1 Å². The van der Waals surface area contributed by atoms with Crippen LogP contribution in [0, 0.1) is 11.7 Å². The molecule has 4 rings (SSSR count). The molecule has 7 heteroatoms. The van der Waals surface area contributed by atoms with Gasteiger partial charge in [-0.2, -0.15) is 5.10 Å². The van der Waals surface area contributed by atoms with E-state index in [1.807, 2.05) is 37.3 Å². The third-order valence-electron chi connectivity index (χ3n) is 4.68. The minimum Gasteiger partial charge on any atom is -0.325 e. The zero-order valence-corrected chi connectivity index (χ0v) is 15.2.